The van der Waals surface area contributed by atoms with E-state index in [1.807, 2.05) is 29.0 Å². The highest BCUT2D eigenvalue weighted by Gasteiger charge is 2.35. The molecule has 1 unspecified atom stereocenters. The van der Waals surface area contributed by atoms with Gasteiger partial charge in [0.05, 0.1) is 30.0 Å². The molecule has 5 rings (SSSR count). The van der Waals surface area contributed by atoms with Gasteiger partial charge in [-0.15, -0.1) is 0 Å². The Morgan fingerprint density at radius 3 is 2.88 bits per heavy atom. The molecule has 13 heteroatoms. The van der Waals surface area contributed by atoms with Gasteiger partial charge in [0.15, 0.2) is 5.65 Å². The number of hydrogen-bond acceptors (Lipinski definition) is 10. The van der Waals surface area contributed by atoms with Crippen molar-refractivity contribution in [2.24, 2.45) is 15.3 Å². The standard InChI is InChI=1S/C28H39N9O3S/c1-2-22-19-32-37-26(31-18-21-6-5-12-30-17-21)16-27(34-28(22)37)36-13-4-3-7-24(36)11-15-40-14-10-23(35-29)20-33-41(38,39)25-8-9-25/h5-6,12,16-17,19-20,24-25,31H,2-4,7-11,13-15,18,29H2,1H3/b33-20+,35-23-. The van der Waals surface area contributed by atoms with Crippen LogP contribution in [0, 0.1) is 0 Å². The molecule has 1 atom stereocenters. The van der Waals surface area contributed by atoms with E-state index in [1.54, 1.807) is 6.20 Å². The Kier molecular flexibility index (Phi) is 9.45. The number of anilines is 2. The highest BCUT2D eigenvalue weighted by atomic mass is 32.2. The van der Waals surface area contributed by atoms with Crippen molar-refractivity contribution in [1.82, 2.24) is 19.6 Å². The predicted octanol–water partition coefficient (Wildman–Crippen LogP) is 3.33. The third-order valence-corrected chi connectivity index (χ3v) is 9.30. The third kappa shape index (κ3) is 7.39. The number of fused-ring (bicyclic) bond motifs is 1. The van der Waals surface area contributed by atoms with Crippen molar-refractivity contribution in [3.63, 3.8) is 0 Å². The Hall–Kier alpha value is -3.58. The highest BCUT2D eigenvalue weighted by molar-refractivity contribution is 7.91. The van der Waals surface area contributed by atoms with Crippen LogP contribution in [0.1, 0.15) is 63.0 Å². The molecule has 3 N–H and O–H groups in total. The average molecular weight is 582 g/mol. The van der Waals surface area contributed by atoms with E-state index in [-0.39, 0.29) is 5.25 Å². The van der Waals surface area contributed by atoms with Crippen LogP contribution in [0.2, 0.25) is 0 Å². The molecule has 0 amide bonds. The fourth-order valence-electron chi connectivity index (χ4n) is 5.06. The number of hydrazone groups is 1. The van der Waals surface area contributed by atoms with Crippen LogP contribution in [0.5, 0.6) is 0 Å². The first kappa shape index (κ1) is 28.9. The molecule has 2 aliphatic rings. The quantitative estimate of drug-likeness (QED) is 0.126. The summed E-state index contributed by atoms with van der Waals surface area (Å²) in [6.07, 6.45) is 13.6. The summed E-state index contributed by atoms with van der Waals surface area (Å²) in [5.74, 6) is 7.28. The number of nitrogens with two attached hydrogens (primary N) is 1. The van der Waals surface area contributed by atoms with Gasteiger partial charge in [0.25, 0.3) is 10.0 Å². The number of ether oxygens (including phenoxy) is 1. The van der Waals surface area contributed by atoms with E-state index in [0.29, 0.717) is 50.8 Å². The Balaban J connectivity index is 1.22. The van der Waals surface area contributed by atoms with Crippen LogP contribution in [-0.2, 0) is 27.7 Å². The van der Waals surface area contributed by atoms with Crippen LogP contribution in [0.25, 0.3) is 5.65 Å². The minimum Gasteiger partial charge on any atom is -0.381 e. The monoisotopic (exact) mass is 581 g/mol. The second-order valence-corrected chi connectivity index (χ2v) is 12.4. The van der Waals surface area contributed by atoms with Crippen LogP contribution in [-0.4, -0.2) is 71.0 Å². The van der Waals surface area contributed by atoms with Crippen molar-refractivity contribution in [1.29, 1.82) is 0 Å². The Labute approximate surface area is 241 Å². The molecule has 1 saturated carbocycles. The molecule has 1 aliphatic heterocycles. The van der Waals surface area contributed by atoms with Crippen molar-refractivity contribution in [2.45, 2.75) is 76.1 Å². The minimum atomic E-state index is -3.44. The first-order valence-corrected chi connectivity index (χ1v) is 15.9. The second-order valence-electron chi connectivity index (χ2n) is 10.5. The van der Waals surface area contributed by atoms with Gasteiger partial charge in [0.2, 0.25) is 0 Å². The first-order valence-electron chi connectivity index (χ1n) is 14.4. The van der Waals surface area contributed by atoms with Gasteiger partial charge in [0.1, 0.15) is 11.6 Å². The number of aryl methyl sites for hydroxylation is 1. The fraction of sp³-hybridized carbons (Fsp3) is 0.536. The summed E-state index contributed by atoms with van der Waals surface area (Å²) >= 11 is 0. The summed E-state index contributed by atoms with van der Waals surface area (Å²) in [5, 5.41) is 11.5. The van der Waals surface area contributed by atoms with E-state index < -0.39 is 10.0 Å². The maximum Gasteiger partial charge on any atom is 0.256 e. The molecule has 0 radical (unpaired) electrons. The molecule has 3 aromatic heterocycles. The molecule has 0 aromatic carbocycles. The van der Waals surface area contributed by atoms with E-state index in [1.165, 1.54) is 12.6 Å². The van der Waals surface area contributed by atoms with Crippen molar-refractivity contribution >= 4 is 39.2 Å². The third-order valence-electron chi connectivity index (χ3n) is 7.59. The van der Waals surface area contributed by atoms with Gasteiger partial charge in [-0.25, -0.2) is 13.4 Å². The number of sulfonamides is 1. The number of hydrogen-bond donors (Lipinski definition) is 2. The van der Waals surface area contributed by atoms with Crippen molar-refractivity contribution in [3.05, 3.63) is 47.9 Å². The van der Waals surface area contributed by atoms with Crippen LogP contribution >= 0.6 is 0 Å². The Bertz CT molecular complexity index is 1470. The van der Waals surface area contributed by atoms with E-state index in [0.717, 1.165) is 60.6 Å². The molecule has 1 saturated heterocycles. The van der Waals surface area contributed by atoms with E-state index in [2.05, 4.69) is 42.8 Å². The van der Waals surface area contributed by atoms with E-state index in [4.69, 9.17) is 15.6 Å². The van der Waals surface area contributed by atoms with Gasteiger partial charge < -0.3 is 20.8 Å². The lowest BCUT2D eigenvalue weighted by Crippen LogP contribution is -2.41. The molecular formula is C28H39N9O3S. The Morgan fingerprint density at radius 1 is 1.24 bits per heavy atom. The maximum absolute atomic E-state index is 12.0. The van der Waals surface area contributed by atoms with Crippen LogP contribution in [0.15, 0.2) is 46.3 Å². The largest absolute Gasteiger partial charge is 0.381 e. The number of rotatable bonds is 14. The summed E-state index contributed by atoms with van der Waals surface area (Å²) in [5.41, 5.74) is 3.48. The molecular weight excluding hydrogens is 542 g/mol. The zero-order valence-corrected chi connectivity index (χ0v) is 24.3. The van der Waals surface area contributed by atoms with Gasteiger partial charge in [-0.1, -0.05) is 13.0 Å². The zero-order chi connectivity index (χ0) is 28.7. The molecule has 1 aliphatic carbocycles. The van der Waals surface area contributed by atoms with Gasteiger partial charge in [-0.2, -0.15) is 19.1 Å². The maximum atomic E-state index is 12.0. The number of pyridine rings is 1. The lowest BCUT2D eigenvalue weighted by Gasteiger charge is -2.37. The topological polar surface area (TPSA) is 152 Å². The Morgan fingerprint density at radius 2 is 2.12 bits per heavy atom. The van der Waals surface area contributed by atoms with E-state index >= 15 is 0 Å². The average Bonchev–Trinajstić information content (AvgIpc) is 3.79. The lowest BCUT2D eigenvalue weighted by molar-refractivity contribution is 0.130. The summed E-state index contributed by atoms with van der Waals surface area (Å²) < 4.78 is 35.5. The number of nitrogens with one attached hydrogen (secondary N) is 1. The normalized spacial score (nSPS) is 18.4. The molecule has 0 bridgehead atoms. The van der Waals surface area contributed by atoms with Gasteiger partial charge >= 0.3 is 0 Å². The minimum absolute atomic E-state index is 0.297. The van der Waals surface area contributed by atoms with Crippen molar-refractivity contribution in [2.75, 3.05) is 30.0 Å². The summed E-state index contributed by atoms with van der Waals surface area (Å²) in [4.78, 5) is 11.7. The van der Waals surface area contributed by atoms with Crippen LogP contribution in [0.4, 0.5) is 11.6 Å². The summed E-state index contributed by atoms with van der Waals surface area (Å²) in [6, 6.07) is 6.37. The predicted molar refractivity (Wildman–Crippen MR) is 161 cm³/mol. The fourth-order valence-corrected chi connectivity index (χ4v) is 6.24. The summed E-state index contributed by atoms with van der Waals surface area (Å²) in [7, 11) is -3.44. The lowest BCUT2D eigenvalue weighted by atomic mass is 9.99. The summed E-state index contributed by atoms with van der Waals surface area (Å²) in [6.45, 7) is 4.64. The number of aromatic nitrogens is 4. The molecule has 0 spiro atoms. The molecule has 2 fully saturated rings. The van der Waals surface area contributed by atoms with Gasteiger partial charge in [0, 0.05) is 56.2 Å². The second kappa shape index (κ2) is 13.4. The smallest absolute Gasteiger partial charge is 0.256 e. The zero-order valence-electron chi connectivity index (χ0n) is 23.5. The first-order chi connectivity index (χ1) is 20.0. The van der Waals surface area contributed by atoms with E-state index in [9.17, 15) is 8.42 Å². The van der Waals surface area contributed by atoms with Crippen molar-refractivity contribution in [3.8, 4) is 0 Å². The number of nitrogens with zero attached hydrogens (tertiary/aromatic N) is 7. The van der Waals surface area contributed by atoms with Gasteiger partial charge in [-0.05, 0) is 56.6 Å². The number of piperidine rings is 1. The molecule has 12 nitrogen and oxygen atoms in total. The molecule has 41 heavy (non-hydrogen) atoms. The van der Waals surface area contributed by atoms with Crippen LogP contribution < -0.4 is 16.1 Å². The highest BCUT2D eigenvalue weighted by Crippen LogP contribution is 2.30. The molecule has 220 valence electrons. The van der Waals surface area contributed by atoms with Crippen molar-refractivity contribution < 1.29 is 13.2 Å². The molecule has 3 aromatic rings. The van der Waals surface area contributed by atoms with Crippen LogP contribution in [0.3, 0.4) is 0 Å². The molecule has 4 heterocycles. The van der Waals surface area contributed by atoms with Gasteiger partial charge in [-0.3, -0.25) is 4.98 Å². The SMILES string of the molecule is CCc1cnn2c(NCc3cccnc3)cc(N3CCCCC3CCOCCC(/C=N/S(=O)(=O)C3CC3)=N/N)nc12.